The van der Waals surface area contributed by atoms with Crippen molar-refractivity contribution in [1.29, 1.82) is 0 Å². The van der Waals surface area contributed by atoms with Crippen LogP contribution in [0.25, 0.3) is 0 Å². The number of hydrogen-bond donors (Lipinski definition) is 1. The molecule has 0 aromatic rings. The van der Waals surface area contributed by atoms with Crippen molar-refractivity contribution in [3.8, 4) is 0 Å². The maximum absolute atomic E-state index is 13.2. The zero-order chi connectivity index (χ0) is 11.6. The molecular weight excluding hydrogens is 207 g/mol. The lowest BCUT2D eigenvalue weighted by molar-refractivity contribution is -0.168. The Balaban J connectivity index is 2.55. The van der Waals surface area contributed by atoms with E-state index in [1.807, 2.05) is 0 Å². The monoisotopic (exact) mass is 222 g/mol. The van der Waals surface area contributed by atoms with Crippen LogP contribution >= 0.6 is 0 Å². The maximum atomic E-state index is 13.2. The van der Waals surface area contributed by atoms with Crippen LogP contribution in [-0.4, -0.2) is 49.0 Å². The Labute approximate surface area is 87.1 Å². The molecule has 0 bridgehead atoms. The van der Waals surface area contributed by atoms with Crippen LogP contribution in [0, 0.1) is 0 Å². The Morgan fingerprint density at radius 3 is 2.67 bits per heavy atom. The first-order valence-corrected chi connectivity index (χ1v) is 4.59. The summed E-state index contributed by atoms with van der Waals surface area (Å²) < 4.78 is 27.8. The zero-order valence-electron chi connectivity index (χ0n) is 8.90. The Kier molecular flexibility index (Phi) is 3.64. The van der Waals surface area contributed by atoms with Crippen molar-refractivity contribution < 1.29 is 28.5 Å². The van der Waals surface area contributed by atoms with Gasteiger partial charge < -0.3 is 19.3 Å². The van der Waals surface area contributed by atoms with Crippen LogP contribution in [0.2, 0.25) is 0 Å². The van der Waals surface area contributed by atoms with E-state index in [9.17, 15) is 14.3 Å². The third-order valence-corrected chi connectivity index (χ3v) is 2.14. The number of esters is 1. The quantitative estimate of drug-likeness (QED) is 0.681. The Morgan fingerprint density at radius 1 is 1.67 bits per heavy atom. The highest BCUT2D eigenvalue weighted by atomic mass is 19.1. The van der Waals surface area contributed by atoms with Gasteiger partial charge >= 0.3 is 5.97 Å². The summed E-state index contributed by atoms with van der Waals surface area (Å²) in [7, 11) is 1.05. The molecule has 0 aliphatic carbocycles. The average Bonchev–Trinajstić information content (AvgIpc) is 2.55. The maximum Gasteiger partial charge on any atom is 0.343 e. The minimum Gasteiger partial charge on any atom is -0.467 e. The molecule has 15 heavy (non-hydrogen) atoms. The summed E-state index contributed by atoms with van der Waals surface area (Å²) in [6.45, 7) is 3.34. The summed E-state index contributed by atoms with van der Waals surface area (Å²) in [4.78, 5) is 10.8. The van der Waals surface area contributed by atoms with Gasteiger partial charge in [0.15, 0.2) is 5.79 Å². The number of carbonyl (C=O) groups is 1. The molecule has 0 aromatic heterocycles. The highest BCUT2D eigenvalue weighted by molar-refractivity contribution is 5.75. The lowest BCUT2D eigenvalue weighted by atomic mass is 10.1. The smallest absolute Gasteiger partial charge is 0.343 e. The number of methoxy groups -OCH3 is 1. The Bertz CT molecular complexity index is 243. The van der Waals surface area contributed by atoms with Gasteiger partial charge in [0.05, 0.1) is 13.7 Å². The minimum absolute atomic E-state index is 0.0472. The van der Waals surface area contributed by atoms with Gasteiger partial charge in [-0.15, -0.1) is 0 Å². The standard InChI is InChI=1S/C9H15FO5/c1-9(2)14-4-5(15-9)7(11)6(10)8(12)13-3/h5-7,11H,4H2,1-3H3/t5-,6+,7+/m1/s1. The van der Waals surface area contributed by atoms with E-state index < -0.39 is 30.1 Å². The average molecular weight is 222 g/mol. The summed E-state index contributed by atoms with van der Waals surface area (Å²) in [5, 5.41) is 9.47. The molecule has 0 unspecified atom stereocenters. The highest BCUT2D eigenvalue weighted by Gasteiger charge is 2.42. The van der Waals surface area contributed by atoms with E-state index in [-0.39, 0.29) is 6.61 Å². The molecule has 0 spiro atoms. The molecule has 1 aliphatic rings. The molecule has 88 valence electrons. The van der Waals surface area contributed by atoms with Gasteiger partial charge in [-0.1, -0.05) is 0 Å². The molecule has 1 saturated heterocycles. The fourth-order valence-electron chi connectivity index (χ4n) is 1.32. The fourth-order valence-corrected chi connectivity index (χ4v) is 1.32. The predicted octanol–water partition coefficient (Wildman–Crippen LogP) is 0.00990. The molecule has 0 amide bonds. The first-order valence-electron chi connectivity index (χ1n) is 4.59. The summed E-state index contributed by atoms with van der Waals surface area (Å²) in [6.07, 6.45) is -4.54. The summed E-state index contributed by atoms with van der Waals surface area (Å²) >= 11 is 0. The third kappa shape index (κ3) is 2.87. The molecule has 1 fully saturated rings. The first kappa shape index (κ1) is 12.4. The van der Waals surface area contributed by atoms with E-state index in [1.54, 1.807) is 13.8 Å². The molecule has 3 atom stereocenters. The van der Waals surface area contributed by atoms with E-state index in [4.69, 9.17) is 9.47 Å². The normalized spacial score (nSPS) is 28.5. The minimum atomic E-state index is -2.11. The van der Waals surface area contributed by atoms with Gasteiger partial charge in [0.2, 0.25) is 6.17 Å². The Morgan fingerprint density at radius 2 is 2.27 bits per heavy atom. The van der Waals surface area contributed by atoms with Crippen LogP contribution in [0.4, 0.5) is 4.39 Å². The number of rotatable bonds is 3. The number of ether oxygens (including phenoxy) is 3. The number of halogens is 1. The molecule has 0 radical (unpaired) electrons. The first-order chi connectivity index (χ1) is 6.87. The second-order valence-electron chi connectivity index (χ2n) is 3.78. The molecule has 1 aliphatic heterocycles. The van der Waals surface area contributed by atoms with Crippen molar-refractivity contribution in [3.63, 3.8) is 0 Å². The van der Waals surface area contributed by atoms with Crippen molar-refractivity contribution in [2.75, 3.05) is 13.7 Å². The molecule has 1 N–H and O–H groups in total. The third-order valence-electron chi connectivity index (χ3n) is 2.14. The molecule has 6 heteroatoms. The second-order valence-corrected chi connectivity index (χ2v) is 3.78. The number of aliphatic hydroxyl groups excluding tert-OH is 1. The fraction of sp³-hybridized carbons (Fsp3) is 0.889. The van der Waals surface area contributed by atoms with Gasteiger partial charge in [0.1, 0.15) is 12.2 Å². The van der Waals surface area contributed by atoms with Crippen LogP contribution < -0.4 is 0 Å². The van der Waals surface area contributed by atoms with Gasteiger partial charge in [0, 0.05) is 0 Å². The van der Waals surface area contributed by atoms with Gasteiger partial charge in [0.25, 0.3) is 0 Å². The lowest BCUT2D eigenvalue weighted by Gasteiger charge is -2.21. The molecule has 0 saturated carbocycles. The van der Waals surface area contributed by atoms with Gasteiger partial charge in [-0.25, -0.2) is 9.18 Å². The summed E-state index contributed by atoms with van der Waals surface area (Å²) in [6, 6.07) is 0. The van der Waals surface area contributed by atoms with Crippen molar-refractivity contribution in [1.82, 2.24) is 0 Å². The predicted molar refractivity (Wildman–Crippen MR) is 47.8 cm³/mol. The molecule has 1 rings (SSSR count). The molecule has 1 heterocycles. The van der Waals surface area contributed by atoms with Gasteiger partial charge in [-0.3, -0.25) is 0 Å². The van der Waals surface area contributed by atoms with Crippen LogP contribution in [0.1, 0.15) is 13.8 Å². The number of hydrogen-bond acceptors (Lipinski definition) is 5. The zero-order valence-corrected chi connectivity index (χ0v) is 8.90. The second kappa shape index (κ2) is 4.42. The van der Waals surface area contributed by atoms with Crippen LogP contribution in [0.15, 0.2) is 0 Å². The van der Waals surface area contributed by atoms with Crippen molar-refractivity contribution in [3.05, 3.63) is 0 Å². The van der Waals surface area contributed by atoms with Gasteiger partial charge in [-0.2, -0.15) is 0 Å². The SMILES string of the molecule is COC(=O)[C@@H](F)[C@@H](O)[C@H]1COC(C)(C)O1. The number of carbonyl (C=O) groups excluding carboxylic acids is 1. The van der Waals surface area contributed by atoms with Crippen LogP contribution in [0.5, 0.6) is 0 Å². The van der Waals surface area contributed by atoms with Crippen molar-refractivity contribution >= 4 is 5.97 Å². The summed E-state index contributed by atoms with van der Waals surface area (Å²) in [5.41, 5.74) is 0. The summed E-state index contributed by atoms with van der Waals surface area (Å²) in [5.74, 6) is -1.97. The van der Waals surface area contributed by atoms with E-state index in [1.165, 1.54) is 0 Å². The lowest BCUT2D eigenvalue weighted by Crippen LogP contribution is -2.42. The van der Waals surface area contributed by atoms with Crippen molar-refractivity contribution in [2.24, 2.45) is 0 Å². The van der Waals surface area contributed by atoms with E-state index in [0.29, 0.717) is 0 Å². The van der Waals surface area contributed by atoms with Crippen LogP contribution in [-0.2, 0) is 19.0 Å². The molecule has 0 aromatic carbocycles. The van der Waals surface area contributed by atoms with Crippen molar-refractivity contribution in [2.45, 2.75) is 38.0 Å². The van der Waals surface area contributed by atoms with E-state index in [2.05, 4.69) is 4.74 Å². The number of aliphatic hydroxyl groups is 1. The highest BCUT2D eigenvalue weighted by Crippen LogP contribution is 2.25. The van der Waals surface area contributed by atoms with E-state index in [0.717, 1.165) is 7.11 Å². The molecule has 5 nitrogen and oxygen atoms in total. The Hall–Kier alpha value is -0.720. The largest absolute Gasteiger partial charge is 0.467 e. The topological polar surface area (TPSA) is 65.0 Å². The van der Waals surface area contributed by atoms with Crippen LogP contribution in [0.3, 0.4) is 0 Å². The van der Waals surface area contributed by atoms with E-state index >= 15 is 0 Å². The molecular formula is C9H15FO5. The van der Waals surface area contributed by atoms with Gasteiger partial charge in [-0.05, 0) is 13.8 Å². The number of alkyl halides is 1.